The Balaban J connectivity index is 2.02. The highest BCUT2D eigenvalue weighted by Crippen LogP contribution is 2.33. The highest BCUT2D eigenvalue weighted by Gasteiger charge is 2.28. The third-order valence-corrected chi connectivity index (χ3v) is 5.55. The SMILES string of the molecule is COC(=O)c1cc(Br)cc(N(C)[C@H]2CC[C@@H](NC(=O)OC(C)(C)C)CC2)c1C. The van der Waals surface area contributed by atoms with Crippen molar-refractivity contribution in [2.75, 3.05) is 19.1 Å². The van der Waals surface area contributed by atoms with Crippen LogP contribution >= 0.6 is 15.9 Å². The third-order valence-electron chi connectivity index (χ3n) is 5.10. The van der Waals surface area contributed by atoms with Crippen LogP contribution in [-0.2, 0) is 9.47 Å². The molecular formula is C21H31BrN2O4. The molecule has 1 amide bonds. The first-order valence-electron chi connectivity index (χ1n) is 9.62. The molecule has 0 atom stereocenters. The lowest BCUT2D eigenvalue weighted by atomic mass is 9.89. The Hall–Kier alpha value is -1.76. The topological polar surface area (TPSA) is 67.9 Å². The number of carbonyl (C=O) groups excluding carboxylic acids is 2. The van der Waals surface area contributed by atoms with Crippen molar-refractivity contribution < 1.29 is 19.1 Å². The minimum atomic E-state index is -0.489. The molecular weight excluding hydrogens is 424 g/mol. The van der Waals surface area contributed by atoms with Gasteiger partial charge in [-0.3, -0.25) is 0 Å². The molecule has 1 aliphatic carbocycles. The van der Waals surface area contributed by atoms with Crippen LogP contribution in [0.5, 0.6) is 0 Å². The van der Waals surface area contributed by atoms with Crippen LogP contribution in [0.4, 0.5) is 10.5 Å². The Kier molecular flexibility index (Phi) is 7.37. The van der Waals surface area contributed by atoms with E-state index < -0.39 is 5.60 Å². The van der Waals surface area contributed by atoms with E-state index in [4.69, 9.17) is 9.47 Å². The van der Waals surface area contributed by atoms with E-state index in [9.17, 15) is 9.59 Å². The Labute approximate surface area is 176 Å². The maximum atomic E-state index is 12.1. The Morgan fingerprint density at radius 1 is 1.18 bits per heavy atom. The first-order valence-corrected chi connectivity index (χ1v) is 10.4. The van der Waals surface area contributed by atoms with Crippen LogP contribution in [0.25, 0.3) is 0 Å². The van der Waals surface area contributed by atoms with Crippen molar-refractivity contribution in [2.45, 2.75) is 71.1 Å². The number of anilines is 1. The smallest absolute Gasteiger partial charge is 0.407 e. The van der Waals surface area contributed by atoms with Gasteiger partial charge >= 0.3 is 12.1 Å². The highest BCUT2D eigenvalue weighted by atomic mass is 79.9. The van der Waals surface area contributed by atoms with E-state index in [2.05, 4.69) is 33.2 Å². The van der Waals surface area contributed by atoms with Gasteiger partial charge in [-0.1, -0.05) is 15.9 Å². The van der Waals surface area contributed by atoms with Gasteiger partial charge in [-0.25, -0.2) is 9.59 Å². The summed E-state index contributed by atoms with van der Waals surface area (Å²) in [5.74, 6) is -0.335. The Morgan fingerprint density at radius 3 is 2.32 bits per heavy atom. The van der Waals surface area contributed by atoms with Crippen LogP contribution < -0.4 is 10.2 Å². The van der Waals surface area contributed by atoms with Gasteiger partial charge in [0, 0.05) is 29.3 Å². The van der Waals surface area contributed by atoms with Crippen LogP contribution in [0.3, 0.4) is 0 Å². The average Bonchev–Trinajstić information content (AvgIpc) is 2.61. The molecule has 0 bridgehead atoms. The number of methoxy groups -OCH3 is 1. The molecule has 28 heavy (non-hydrogen) atoms. The lowest BCUT2D eigenvalue weighted by Gasteiger charge is -2.37. The van der Waals surface area contributed by atoms with Crippen molar-refractivity contribution >= 4 is 33.7 Å². The number of hydrogen-bond acceptors (Lipinski definition) is 5. The van der Waals surface area contributed by atoms with Crippen molar-refractivity contribution in [3.05, 3.63) is 27.7 Å². The summed E-state index contributed by atoms with van der Waals surface area (Å²) in [5.41, 5.74) is 2.00. The highest BCUT2D eigenvalue weighted by molar-refractivity contribution is 9.10. The molecule has 1 aromatic rings. The molecule has 2 rings (SSSR count). The summed E-state index contributed by atoms with van der Waals surface area (Å²) in [6.07, 6.45) is 3.35. The number of carbonyl (C=O) groups is 2. The molecule has 0 spiro atoms. The molecule has 0 aliphatic heterocycles. The summed E-state index contributed by atoms with van der Waals surface area (Å²) in [6, 6.07) is 4.30. The predicted octanol–water partition coefficient (Wildman–Crippen LogP) is 4.82. The zero-order valence-electron chi connectivity index (χ0n) is 17.6. The van der Waals surface area contributed by atoms with E-state index in [1.165, 1.54) is 7.11 Å². The van der Waals surface area contributed by atoms with Gasteiger partial charge in [0.15, 0.2) is 0 Å². The molecule has 7 heteroatoms. The largest absolute Gasteiger partial charge is 0.465 e. The van der Waals surface area contributed by atoms with Gasteiger partial charge < -0.3 is 19.7 Å². The standard InChI is InChI=1S/C21H31BrN2O4/c1-13-17(19(25)27-6)11-14(22)12-18(13)24(5)16-9-7-15(8-10-16)23-20(26)28-21(2,3)4/h11-12,15-16H,7-10H2,1-6H3,(H,23,26)/t15-,16+. The third kappa shape index (κ3) is 5.87. The number of hydrogen-bond donors (Lipinski definition) is 1. The lowest BCUT2D eigenvalue weighted by molar-refractivity contribution is 0.0490. The van der Waals surface area contributed by atoms with Gasteiger partial charge in [0.2, 0.25) is 0 Å². The molecule has 0 saturated heterocycles. The molecule has 156 valence electrons. The molecule has 1 aromatic carbocycles. The quantitative estimate of drug-likeness (QED) is 0.660. The molecule has 0 aromatic heterocycles. The molecule has 1 N–H and O–H groups in total. The van der Waals surface area contributed by atoms with Gasteiger partial charge in [0.1, 0.15) is 5.60 Å². The summed E-state index contributed by atoms with van der Waals surface area (Å²) in [7, 11) is 3.45. The summed E-state index contributed by atoms with van der Waals surface area (Å²) >= 11 is 3.50. The lowest BCUT2D eigenvalue weighted by Crippen LogP contribution is -2.44. The second-order valence-electron chi connectivity index (χ2n) is 8.35. The van der Waals surface area contributed by atoms with Crippen molar-refractivity contribution in [3.63, 3.8) is 0 Å². The number of halogens is 1. The molecule has 1 aliphatic rings. The van der Waals surface area contributed by atoms with E-state index in [0.717, 1.165) is 41.4 Å². The Bertz CT molecular complexity index is 722. The number of esters is 1. The zero-order valence-corrected chi connectivity index (χ0v) is 19.2. The average molecular weight is 455 g/mol. The van der Waals surface area contributed by atoms with Crippen LogP contribution in [0.15, 0.2) is 16.6 Å². The van der Waals surface area contributed by atoms with Crippen LogP contribution in [0.1, 0.15) is 62.4 Å². The zero-order chi connectivity index (χ0) is 21.1. The van der Waals surface area contributed by atoms with Gasteiger partial charge in [0.05, 0.1) is 12.7 Å². The monoisotopic (exact) mass is 454 g/mol. The first kappa shape index (κ1) is 22.5. The van der Waals surface area contributed by atoms with Gasteiger partial charge in [-0.15, -0.1) is 0 Å². The Morgan fingerprint density at radius 2 is 1.79 bits per heavy atom. The van der Waals surface area contributed by atoms with Gasteiger partial charge in [-0.2, -0.15) is 0 Å². The predicted molar refractivity (Wildman–Crippen MR) is 114 cm³/mol. The van der Waals surface area contributed by atoms with Crippen molar-refractivity contribution in [1.29, 1.82) is 0 Å². The van der Waals surface area contributed by atoms with Crippen molar-refractivity contribution in [2.24, 2.45) is 0 Å². The van der Waals surface area contributed by atoms with E-state index >= 15 is 0 Å². The summed E-state index contributed by atoms with van der Waals surface area (Å²) in [4.78, 5) is 26.3. The second-order valence-corrected chi connectivity index (χ2v) is 9.27. The molecule has 0 radical (unpaired) electrons. The van der Waals surface area contributed by atoms with Crippen LogP contribution in [0, 0.1) is 6.92 Å². The number of ether oxygens (including phenoxy) is 2. The molecule has 0 heterocycles. The molecule has 0 unspecified atom stereocenters. The molecule has 1 fully saturated rings. The van der Waals surface area contributed by atoms with Gasteiger partial charge in [-0.05, 0) is 71.1 Å². The minimum absolute atomic E-state index is 0.133. The van der Waals surface area contributed by atoms with E-state index in [0.29, 0.717) is 11.6 Å². The second kappa shape index (κ2) is 9.16. The molecule has 6 nitrogen and oxygen atoms in total. The van der Waals surface area contributed by atoms with E-state index in [1.54, 1.807) is 6.07 Å². The van der Waals surface area contributed by atoms with Crippen molar-refractivity contribution in [3.8, 4) is 0 Å². The summed E-state index contributed by atoms with van der Waals surface area (Å²) < 4.78 is 11.1. The minimum Gasteiger partial charge on any atom is -0.465 e. The summed E-state index contributed by atoms with van der Waals surface area (Å²) in [6.45, 7) is 7.53. The summed E-state index contributed by atoms with van der Waals surface area (Å²) in [5, 5.41) is 2.98. The molecule has 1 saturated carbocycles. The maximum absolute atomic E-state index is 12.1. The number of amides is 1. The van der Waals surface area contributed by atoms with E-state index in [1.807, 2.05) is 33.8 Å². The first-order chi connectivity index (χ1) is 13.0. The normalized spacial score (nSPS) is 19.7. The van der Waals surface area contributed by atoms with Crippen LogP contribution in [-0.4, -0.2) is 43.9 Å². The van der Waals surface area contributed by atoms with Crippen molar-refractivity contribution in [1.82, 2.24) is 5.32 Å². The number of nitrogens with zero attached hydrogens (tertiary/aromatic N) is 1. The fraction of sp³-hybridized carbons (Fsp3) is 0.619. The maximum Gasteiger partial charge on any atom is 0.407 e. The number of alkyl carbamates (subject to hydrolysis) is 1. The number of benzene rings is 1. The number of rotatable bonds is 4. The fourth-order valence-corrected chi connectivity index (χ4v) is 4.08. The number of nitrogens with one attached hydrogen (secondary N) is 1. The van der Waals surface area contributed by atoms with E-state index in [-0.39, 0.29) is 18.1 Å². The van der Waals surface area contributed by atoms with Crippen LogP contribution in [0.2, 0.25) is 0 Å². The fourth-order valence-electron chi connectivity index (χ4n) is 3.63. The van der Waals surface area contributed by atoms with Gasteiger partial charge in [0.25, 0.3) is 0 Å².